The van der Waals surface area contributed by atoms with Crippen molar-refractivity contribution < 1.29 is 4.52 Å². The second kappa shape index (κ2) is 5.23. The topological polar surface area (TPSA) is 68.2 Å². The van der Waals surface area contributed by atoms with Crippen LogP contribution in [0.2, 0.25) is 0 Å². The Kier molecular flexibility index (Phi) is 4.23. The Morgan fingerprint density at radius 1 is 1.40 bits per heavy atom. The Morgan fingerprint density at radius 3 is 2.60 bits per heavy atom. The summed E-state index contributed by atoms with van der Waals surface area (Å²) < 4.78 is 5.12. The van der Waals surface area contributed by atoms with Gasteiger partial charge in [-0.15, -0.1) is 0 Å². The van der Waals surface area contributed by atoms with Gasteiger partial charge in [-0.25, -0.2) is 0 Å². The number of hydrogen-bond donors (Lipinski definition) is 1. The standard InChI is InChI=1S/C10H20N4O/c1-7(2)5-8(11)10-12-9(13-15-10)6-14(3)4/h7-8H,5-6,11H2,1-4H3/t8-/m1/s1. The molecule has 86 valence electrons. The molecule has 1 aromatic rings. The minimum absolute atomic E-state index is 0.145. The van der Waals surface area contributed by atoms with E-state index in [1.54, 1.807) is 0 Å². The molecule has 1 aromatic heterocycles. The number of rotatable bonds is 5. The molecule has 0 spiro atoms. The maximum absolute atomic E-state index is 5.93. The van der Waals surface area contributed by atoms with Crippen LogP contribution in [0.15, 0.2) is 4.52 Å². The lowest BCUT2D eigenvalue weighted by atomic mass is 10.0. The predicted octanol–water partition coefficient (Wildman–Crippen LogP) is 1.18. The van der Waals surface area contributed by atoms with Gasteiger partial charge < -0.3 is 15.2 Å². The molecule has 1 atom stereocenters. The van der Waals surface area contributed by atoms with Crippen LogP contribution in [-0.2, 0) is 6.54 Å². The summed E-state index contributed by atoms with van der Waals surface area (Å²) in [6.07, 6.45) is 0.865. The van der Waals surface area contributed by atoms with Crippen LogP contribution in [0.3, 0.4) is 0 Å². The van der Waals surface area contributed by atoms with Crippen molar-refractivity contribution in [2.24, 2.45) is 11.7 Å². The highest BCUT2D eigenvalue weighted by molar-refractivity contribution is 4.91. The summed E-state index contributed by atoms with van der Waals surface area (Å²) >= 11 is 0. The molecule has 0 aromatic carbocycles. The highest BCUT2D eigenvalue weighted by atomic mass is 16.5. The van der Waals surface area contributed by atoms with Crippen LogP contribution in [0.25, 0.3) is 0 Å². The lowest BCUT2D eigenvalue weighted by Crippen LogP contribution is -2.14. The van der Waals surface area contributed by atoms with E-state index in [1.807, 2.05) is 19.0 Å². The third-order valence-electron chi connectivity index (χ3n) is 1.98. The van der Waals surface area contributed by atoms with Gasteiger partial charge in [-0.1, -0.05) is 19.0 Å². The summed E-state index contributed by atoms with van der Waals surface area (Å²) in [6.45, 7) is 4.92. The van der Waals surface area contributed by atoms with Crippen molar-refractivity contribution in [1.82, 2.24) is 15.0 Å². The molecule has 0 aliphatic carbocycles. The highest BCUT2D eigenvalue weighted by Gasteiger charge is 2.16. The molecule has 0 bridgehead atoms. The van der Waals surface area contributed by atoms with E-state index in [2.05, 4.69) is 24.0 Å². The van der Waals surface area contributed by atoms with Crippen LogP contribution >= 0.6 is 0 Å². The predicted molar refractivity (Wildman–Crippen MR) is 58.1 cm³/mol. The molecule has 0 saturated carbocycles. The van der Waals surface area contributed by atoms with Crippen LogP contribution in [0.5, 0.6) is 0 Å². The Bertz CT molecular complexity index is 295. The monoisotopic (exact) mass is 212 g/mol. The molecule has 1 heterocycles. The minimum Gasteiger partial charge on any atom is -0.338 e. The van der Waals surface area contributed by atoms with E-state index in [9.17, 15) is 0 Å². The quantitative estimate of drug-likeness (QED) is 0.793. The molecule has 0 fully saturated rings. The van der Waals surface area contributed by atoms with Crippen molar-refractivity contribution in [1.29, 1.82) is 0 Å². The van der Waals surface area contributed by atoms with Crippen LogP contribution < -0.4 is 5.73 Å². The summed E-state index contributed by atoms with van der Waals surface area (Å²) in [6, 6.07) is -0.145. The maximum Gasteiger partial charge on any atom is 0.243 e. The minimum atomic E-state index is -0.145. The Balaban J connectivity index is 2.58. The van der Waals surface area contributed by atoms with Gasteiger partial charge in [-0.05, 0) is 26.4 Å². The first kappa shape index (κ1) is 12.1. The van der Waals surface area contributed by atoms with Crippen molar-refractivity contribution >= 4 is 0 Å². The molecule has 5 nitrogen and oxygen atoms in total. The molecule has 0 aliphatic heterocycles. The molecule has 0 radical (unpaired) electrons. The van der Waals surface area contributed by atoms with E-state index in [1.165, 1.54) is 0 Å². The van der Waals surface area contributed by atoms with Gasteiger partial charge in [-0.3, -0.25) is 0 Å². The number of aromatic nitrogens is 2. The van der Waals surface area contributed by atoms with Gasteiger partial charge in [0.15, 0.2) is 5.82 Å². The molecular weight excluding hydrogens is 192 g/mol. The van der Waals surface area contributed by atoms with Gasteiger partial charge >= 0.3 is 0 Å². The number of nitrogens with zero attached hydrogens (tertiary/aromatic N) is 3. The van der Waals surface area contributed by atoms with E-state index in [-0.39, 0.29) is 6.04 Å². The zero-order valence-electron chi connectivity index (χ0n) is 9.90. The summed E-state index contributed by atoms with van der Waals surface area (Å²) in [7, 11) is 3.92. The zero-order chi connectivity index (χ0) is 11.4. The Hall–Kier alpha value is -0.940. The van der Waals surface area contributed by atoms with Crippen LogP contribution in [-0.4, -0.2) is 29.1 Å². The van der Waals surface area contributed by atoms with Gasteiger partial charge in [0, 0.05) is 0 Å². The lowest BCUT2D eigenvalue weighted by Gasteiger charge is -2.08. The fraction of sp³-hybridized carbons (Fsp3) is 0.800. The number of hydrogen-bond acceptors (Lipinski definition) is 5. The SMILES string of the molecule is CC(C)C[C@@H](N)c1nc(CN(C)C)no1. The molecule has 0 saturated heterocycles. The van der Waals surface area contributed by atoms with E-state index in [0.717, 1.165) is 6.42 Å². The van der Waals surface area contributed by atoms with E-state index in [4.69, 9.17) is 10.3 Å². The summed E-state index contributed by atoms with van der Waals surface area (Å²) in [5, 5.41) is 3.88. The molecule has 15 heavy (non-hydrogen) atoms. The van der Waals surface area contributed by atoms with Gasteiger partial charge in [0.05, 0.1) is 12.6 Å². The van der Waals surface area contributed by atoms with Crippen molar-refractivity contribution in [2.75, 3.05) is 14.1 Å². The summed E-state index contributed by atoms with van der Waals surface area (Å²) in [5.41, 5.74) is 5.93. The molecule has 0 aliphatic rings. The third-order valence-corrected chi connectivity index (χ3v) is 1.98. The molecule has 5 heteroatoms. The molecule has 0 unspecified atom stereocenters. The molecule has 1 rings (SSSR count). The smallest absolute Gasteiger partial charge is 0.243 e. The first-order valence-electron chi connectivity index (χ1n) is 5.21. The third kappa shape index (κ3) is 3.97. The second-order valence-corrected chi connectivity index (χ2v) is 4.52. The summed E-state index contributed by atoms with van der Waals surface area (Å²) in [4.78, 5) is 6.25. The first-order chi connectivity index (χ1) is 6.99. The number of nitrogens with two attached hydrogens (primary N) is 1. The zero-order valence-corrected chi connectivity index (χ0v) is 9.90. The Morgan fingerprint density at radius 2 is 2.07 bits per heavy atom. The van der Waals surface area contributed by atoms with Crippen LogP contribution in [0.4, 0.5) is 0 Å². The Labute approximate surface area is 90.6 Å². The fourth-order valence-corrected chi connectivity index (χ4v) is 1.37. The van der Waals surface area contributed by atoms with E-state index in [0.29, 0.717) is 24.2 Å². The van der Waals surface area contributed by atoms with Gasteiger partial charge in [-0.2, -0.15) is 4.98 Å². The lowest BCUT2D eigenvalue weighted by molar-refractivity contribution is 0.324. The van der Waals surface area contributed by atoms with Gasteiger partial charge in [0.25, 0.3) is 0 Å². The normalized spacial score (nSPS) is 13.8. The summed E-state index contributed by atoms with van der Waals surface area (Å²) in [5.74, 6) is 1.76. The van der Waals surface area contributed by atoms with Gasteiger partial charge in [0.2, 0.25) is 5.89 Å². The average Bonchev–Trinajstić information content (AvgIpc) is 2.50. The molecule has 0 amide bonds. The van der Waals surface area contributed by atoms with Crippen LogP contribution in [0.1, 0.15) is 38.0 Å². The van der Waals surface area contributed by atoms with Crippen molar-refractivity contribution in [3.8, 4) is 0 Å². The average molecular weight is 212 g/mol. The van der Waals surface area contributed by atoms with Crippen molar-refractivity contribution in [3.63, 3.8) is 0 Å². The van der Waals surface area contributed by atoms with Crippen LogP contribution in [0, 0.1) is 5.92 Å². The first-order valence-corrected chi connectivity index (χ1v) is 5.21. The van der Waals surface area contributed by atoms with Gasteiger partial charge in [0.1, 0.15) is 0 Å². The van der Waals surface area contributed by atoms with E-state index >= 15 is 0 Å². The van der Waals surface area contributed by atoms with Crippen molar-refractivity contribution in [2.45, 2.75) is 32.9 Å². The molecule has 2 N–H and O–H groups in total. The van der Waals surface area contributed by atoms with E-state index < -0.39 is 0 Å². The fourth-order valence-electron chi connectivity index (χ4n) is 1.37. The maximum atomic E-state index is 5.93. The van der Waals surface area contributed by atoms with Crippen molar-refractivity contribution in [3.05, 3.63) is 11.7 Å². The molecular formula is C10H20N4O. The largest absolute Gasteiger partial charge is 0.338 e. The second-order valence-electron chi connectivity index (χ2n) is 4.52. The highest BCUT2D eigenvalue weighted by Crippen LogP contribution is 2.16.